The van der Waals surface area contributed by atoms with Crippen molar-refractivity contribution in [2.45, 2.75) is 0 Å². The Balaban J connectivity index is 0.000000845. The van der Waals surface area contributed by atoms with Crippen LogP contribution in [0, 0.1) is 0 Å². The summed E-state index contributed by atoms with van der Waals surface area (Å²) < 4.78 is 0. The van der Waals surface area contributed by atoms with Gasteiger partial charge in [-0.2, -0.15) is 5.10 Å². The predicted octanol–water partition coefficient (Wildman–Crippen LogP) is 1.68. The van der Waals surface area contributed by atoms with Crippen molar-refractivity contribution in [2.75, 3.05) is 0 Å². The number of halogens is 1. The van der Waals surface area contributed by atoms with Crippen molar-refractivity contribution in [3.05, 3.63) is 30.0 Å². The molecule has 0 saturated carbocycles. The van der Waals surface area contributed by atoms with Crippen LogP contribution in [0.4, 0.5) is 0 Å². The van der Waals surface area contributed by atoms with E-state index in [1.165, 1.54) is 0 Å². The largest absolute Gasteiger partial charge is 0.476 e. The molecule has 0 aliphatic carbocycles. The van der Waals surface area contributed by atoms with Crippen LogP contribution in [0.1, 0.15) is 10.5 Å². The maximum absolute atomic E-state index is 10.6. The molecule has 0 bridgehead atoms. The number of rotatable bonds is 1. The molecule has 4 nitrogen and oxygen atoms in total. The predicted molar refractivity (Wildman–Crippen MR) is 50.3 cm³/mol. The average molecular weight is 199 g/mol. The number of aromatic carboxylic acids is 1. The molecule has 1 aromatic heterocycles. The Labute approximate surface area is 80.0 Å². The van der Waals surface area contributed by atoms with Gasteiger partial charge in [-0.05, 0) is 6.07 Å². The molecule has 0 aliphatic heterocycles. The molecule has 0 atom stereocenters. The Kier molecular flexibility index (Phi) is 2.53. The molecule has 0 radical (unpaired) electrons. The number of nitrogens with one attached hydrogen (secondary N) is 1. The number of H-pyrrole nitrogens is 1. The fourth-order valence-electron chi connectivity index (χ4n) is 1.13. The number of fused-ring (bicyclic) bond motifs is 1. The molecule has 2 rings (SSSR count). The van der Waals surface area contributed by atoms with E-state index < -0.39 is 5.97 Å². The number of benzene rings is 1. The normalized spacial score (nSPS) is 9.54. The standard InChI is InChI=1S/C8H6N2O2.ClH/c11-8(12)7-5-3-1-2-4-6(5)9-10-7;/h1-4H,(H,9,10)(H,11,12);1H. The third-order valence-corrected chi connectivity index (χ3v) is 1.67. The van der Waals surface area contributed by atoms with Crippen LogP contribution >= 0.6 is 12.4 Å². The van der Waals surface area contributed by atoms with E-state index >= 15 is 0 Å². The number of carbonyl (C=O) groups is 1. The van der Waals surface area contributed by atoms with Gasteiger partial charge in [0.1, 0.15) is 0 Å². The van der Waals surface area contributed by atoms with Crippen LogP contribution in [-0.4, -0.2) is 21.3 Å². The van der Waals surface area contributed by atoms with E-state index in [-0.39, 0.29) is 18.1 Å². The lowest BCUT2D eigenvalue weighted by Gasteiger charge is -1.87. The van der Waals surface area contributed by atoms with E-state index in [4.69, 9.17) is 5.11 Å². The number of hydrogen-bond acceptors (Lipinski definition) is 2. The van der Waals surface area contributed by atoms with Crippen LogP contribution < -0.4 is 0 Å². The first-order valence-corrected chi connectivity index (χ1v) is 3.45. The Morgan fingerprint density at radius 2 is 2.08 bits per heavy atom. The highest BCUT2D eigenvalue weighted by atomic mass is 35.5. The minimum Gasteiger partial charge on any atom is -0.476 e. The van der Waals surface area contributed by atoms with Crippen LogP contribution in [0.5, 0.6) is 0 Å². The zero-order chi connectivity index (χ0) is 8.55. The number of aromatic amines is 1. The van der Waals surface area contributed by atoms with E-state index in [2.05, 4.69) is 10.2 Å². The molecule has 0 aliphatic rings. The van der Waals surface area contributed by atoms with Gasteiger partial charge in [0, 0.05) is 5.39 Å². The lowest BCUT2D eigenvalue weighted by atomic mass is 10.2. The van der Waals surface area contributed by atoms with Gasteiger partial charge in [-0.1, -0.05) is 18.2 Å². The number of aromatic nitrogens is 2. The fraction of sp³-hybridized carbons (Fsp3) is 0. The summed E-state index contributed by atoms with van der Waals surface area (Å²) in [6.45, 7) is 0. The minimum absolute atomic E-state index is 0. The summed E-state index contributed by atoms with van der Waals surface area (Å²) >= 11 is 0. The summed E-state index contributed by atoms with van der Waals surface area (Å²) in [6, 6.07) is 7.12. The van der Waals surface area contributed by atoms with Crippen molar-refractivity contribution < 1.29 is 9.90 Å². The first kappa shape index (κ1) is 9.54. The van der Waals surface area contributed by atoms with Gasteiger partial charge in [-0.3, -0.25) is 5.10 Å². The second kappa shape index (κ2) is 3.45. The van der Waals surface area contributed by atoms with Gasteiger partial charge in [-0.15, -0.1) is 12.4 Å². The summed E-state index contributed by atoms with van der Waals surface area (Å²) in [5, 5.41) is 15.6. The van der Waals surface area contributed by atoms with E-state index in [0.29, 0.717) is 5.39 Å². The molecule has 1 aromatic carbocycles. The quantitative estimate of drug-likeness (QED) is 0.733. The first-order valence-electron chi connectivity index (χ1n) is 3.45. The van der Waals surface area contributed by atoms with Crippen LogP contribution in [0.25, 0.3) is 10.9 Å². The van der Waals surface area contributed by atoms with Crippen molar-refractivity contribution in [1.29, 1.82) is 0 Å². The Morgan fingerprint density at radius 3 is 2.77 bits per heavy atom. The lowest BCUT2D eigenvalue weighted by Crippen LogP contribution is -1.96. The van der Waals surface area contributed by atoms with Gasteiger partial charge < -0.3 is 5.11 Å². The van der Waals surface area contributed by atoms with Gasteiger partial charge >= 0.3 is 5.97 Å². The van der Waals surface area contributed by atoms with E-state index in [1.54, 1.807) is 18.2 Å². The summed E-state index contributed by atoms with van der Waals surface area (Å²) in [5.74, 6) is -1.01. The number of hydrogen-bond donors (Lipinski definition) is 2. The molecule has 68 valence electrons. The summed E-state index contributed by atoms with van der Waals surface area (Å²) in [5.41, 5.74) is 0.820. The molecule has 2 aromatic rings. The van der Waals surface area contributed by atoms with Crippen molar-refractivity contribution >= 4 is 29.3 Å². The molecule has 2 N–H and O–H groups in total. The lowest BCUT2D eigenvalue weighted by molar-refractivity contribution is 0.0692. The fourth-order valence-corrected chi connectivity index (χ4v) is 1.13. The molecule has 1 heterocycles. The zero-order valence-corrected chi connectivity index (χ0v) is 7.34. The number of carboxylic acids is 1. The van der Waals surface area contributed by atoms with E-state index in [1.807, 2.05) is 6.07 Å². The second-order valence-corrected chi connectivity index (χ2v) is 2.42. The Hall–Kier alpha value is -1.55. The van der Waals surface area contributed by atoms with Crippen molar-refractivity contribution in [2.24, 2.45) is 0 Å². The third kappa shape index (κ3) is 1.48. The van der Waals surface area contributed by atoms with Crippen molar-refractivity contribution in [3.63, 3.8) is 0 Å². The smallest absolute Gasteiger partial charge is 0.357 e. The number of carboxylic acid groups (broad SMARTS) is 1. The van der Waals surface area contributed by atoms with Crippen LogP contribution in [0.2, 0.25) is 0 Å². The highest BCUT2D eigenvalue weighted by Crippen LogP contribution is 2.14. The average Bonchev–Trinajstić information content (AvgIpc) is 2.47. The SMILES string of the molecule is Cl.O=C(O)c1n[nH]c2ccccc12. The van der Waals surface area contributed by atoms with Crippen LogP contribution in [0.3, 0.4) is 0 Å². The summed E-state index contributed by atoms with van der Waals surface area (Å²) in [7, 11) is 0. The topological polar surface area (TPSA) is 66.0 Å². The maximum Gasteiger partial charge on any atom is 0.357 e. The monoisotopic (exact) mass is 198 g/mol. The zero-order valence-electron chi connectivity index (χ0n) is 6.52. The third-order valence-electron chi connectivity index (χ3n) is 1.67. The highest BCUT2D eigenvalue weighted by molar-refractivity contribution is 6.00. The molecule has 0 unspecified atom stereocenters. The molecule has 0 spiro atoms. The molecule has 5 heteroatoms. The van der Waals surface area contributed by atoms with Crippen molar-refractivity contribution in [1.82, 2.24) is 10.2 Å². The summed E-state index contributed by atoms with van der Waals surface area (Å²) in [4.78, 5) is 10.6. The molecule has 0 saturated heterocycles. The van der Waals surface area contributed by atoms with Crippen LogP contribution in [-0.2, 0) is 0 Å². The highest BCUT2D eigenvalue weighted by Gasteiger charge is 2.10. The van der Waals surface area contributed by atoms with Gasteiger partial charge in [0.25, 0.3) is 0 Å². The van der Waals surface area contributed by atoms with Gasteiger partial charge in [0.15, 0.2) is 5.69 Å². The van der Waals surface area contributed by atoms with Gasteiger partial charge in [-0.25, -0.2) is 4.79 Å². The Bertz CT molecular complexity index is 438. The molecule has 13 heavy (non-hydrogen) atoms. The summed E-state index contributed by atoms with van der Waals surface area (Å²) in [6.07, 6.45) is 0. The maximum atomic E-state index is 10.6. The molecule has 0 fully saturated rings. The Morgan fingerprint density at radius 1 is 1.38 bits per heavy atom. The van der Waals surface area contributed by atoms with E-state index in [9.17, 15) is 4.79 Å². The van der Waals surface area contributed by atoms with E-state index in [0.717, 1.165) is 5.52 Å². The van der Waals surface area contributed by atoms with Crippen molar-refractivity contribution in [3.8, 4) is 0 Å². The van der Waals surface area contributed by atoms with Gasteiger partial charge in [0.05, 0.1) is 5.52 Å². The number of para-hydroxylation sites is 1. The molecular formula is C8H7ClN2O2. The molecular weight excluding hydrogens is 192 g/mol. The van der Waals surface area contributed by atoms with Crippen LogP contribution in [0.15, 0.2) is 24.3 Å². The van der Waals surface area contributed by atoms with Gasteiger partial charge in [0.2, 0.25) is 0 Å². The number of nitrogens with zero attached hydrogens (tertiary/aromatic N) is 1. The second-order valence-electron chi connectivity index (χ2n) is 2.42. The first-order chi connectivity index (χ1) is 5.79. The molecule has 0 amide bonds. The minimum atomic E-state index is -1.01.